The minimum atomic E-state index is -0.543. The van der Waals surface area contributed by atoms with Crippen LogP contribution in [0.4, 0.5) is 0 Å². The Labute approximate surface area is 193 Å². The van der Waals surface area contributed by atoms with Crippen molar-refractivity contribution in [1.82, 2.24) is 20.0 Å². The molecule has 32 heavy (non-hydrogen) atoms. The van der Waals surface area contributed by atoms with E-state index < -0.39 is 11.2 Å². The zero-order valence-electron chi connectivity index (χ0n) is 21.2. The van der Waals surface area contributed by atoms with Crippen LogP contribution in [0.25, 0.3) is 0 Å². The molecule has 1 aliphatic heterocycles. The fraction of sp³-hybridized carbons (Fsp3) is 0.870. The van der Waals surface area contributed by atoms with E-state index in [0.29, 0.717) is 39.3 Å². The number of esters is 2. The summed E-state index contributed by atoms with van der Waals surface area (Å²) >= 11 is 0. The minimum Gasteiger partial charge on any atom is -0.459 e. The van der Waals surface area contributed by atoms with Crippen molar-refractivity contribution in [2.75, 3.05) is 72.0 Å². The Morgan fingerprint density at radius 2 is 1.00 bits per heavy atom. The lowest BCUT2D eigenvalue weighted by atomic mass is 10.2. The molecule has 1 aliphatic rings. The van der Waals surface area contributed by atoms with Crippen molar-refractivity contribution in [2.24, 2.45) is 0 Å². The molecule has 0 aromatic heterocycles. The third kappa shape index (κ3) is 14.5. The maximum absolute atomic E-state index is 12.4. The number of hydrogen-bond acceptors (Lipinski definition) is 9. The van der Waals surface area contributed by atoms with E-state index in [4.69, 9.17) is 9.47 Å². The average Bonchev–Trinajstić information content (AvgIpc) is 2.57. The third-order valence-electron chi connectivity index (χ3n) is 4.67. The summed E-state index contributed by atoms with van der Waals surface area (Å²) in [6.45, 7) is 18.9. The van der Waals surface area contributed by atoms with Crippen LogP contribution < -0.4 is 5.32 Å². The molecule has 1 N–H and O–H groups in total. The highest BCUT2D eigenvalue weighted by molar-refractivity contribution is 5.77. The van der Waals surface area contributed by atoms with Gasteiger partial charge in [0.05, 0.1) is 19.6 Å². The van der Waals surface area contributed by atoms with Crippen LogP contribution in [0.1, 0.15) is 48.5 Å². The first-order chi connectivity index (χ1) is 14.7. The second kappa shape index (κ2) is 13.2. The van der Waals surface area contributed by atoms with Crippen LogP contribution in [0.2, 0.25) is 0 Å². The Balaban J connectivity index is 2.83. The first kappa shape index (κ1) is 28.5. The van der Waals surface area contributed by atoms with Crippen LogP contribution in [0.15, 0.2) is 0 Å². The van der Waals surface area contributed by atoms with Gasteiger partial charge in [-0.1, -0.05) is 0 Å². The number of rotatable bonds is 6. The summed E-state index contributed by atoms with van der Waals surface area (Å²) in [5.74, 6) is -0.404. The molecular weight excluding hydrogens is 412 g/mol. The highest BCUT2D eigenvalue weighted by Gasteiger charge is 2.23. The van der Waals surface area contributed by atoms with Crippen LogP contribution in [0.3, 0.4) is 0 Å². The van der Waals surface area contributed by atoms with Crippen LogP contribution in [0.5, 0.6) is 0 Å². The molecule has 0 unspecified atom stereocenters. The lowest BCUT2D eigenvalue weighted by molar-refractivity contribution is -0.158. The van der Waals surface area contributed by atoms with E-state index >= 15 is 0 Å². The third-order valence-corrected chi connectivity index (χ3v) is 4.67. The molecular formula is C23H44N4O5. The first-order valence-electron chi connectivity index (χ1n) is 11.5. The fourth-order valence-electron chi connectivity index (χ4n) is 3.40. The van der Waals surface area contributed by atoms with Crippen molar-refractivity contribution < 1.29 is 23.9 Å². The molecule has 186 valence electrons. The topological polar surface area (TPSA) is 91.4 Å². The predicted octanol–water partition coefficient (Wildman–Crippen LogP) is 0.768. The van der Waals surface area contributed by atoms with E-state index in [-0.39, 0.29) is 30.8 Å². The maximum Gasteiger partial charge on any atom is 0.320 e. The molecule has 1 heterocycles. The molecule has 0 aromatic rings. The van der Waals surface area contributed by atoms with Gasteiger partial charge < -0.3 is 14.8 Å². The molecule has 1 rings (SSSR count). The molecule has 0 amide bonds. The SMILES string of the molecule is CC(=O)CN1CCNCCN(CC(=O)OC(C)(C)C)CCN(CC(=O)OC(C)(C)C)CC1. The normalized spacial score (nSPS) is 19.0. The van der Waals surface area contributed by atoms with Gasteiger partial charge in [-0.05, 0) is 48.5 Å². The predicted molar refractivity (Wildman–Crippen MR) is 125 cm³/mol. The van der Waals surface area contributed by atoms with Crippen molar-refractivity contribution in [3.63, 3.8) is 0 Å². The zero-order chi connectivity index (χ0) is 24.4. The Kier molecular flexibility index (Phi) is 11.8. The number of ketones is 1. The fourth-order valence-corrected chi connectivity index (χ4v) is 3.40. The molecule has 0 radical (unpaired) electrons. The number of nitrogens with one attached hydrogen (secondary N) is 1. The molecule has 0 spiro atoms. The van der Waals surface area contributed by atoms with Gasteiger partial charge in [0.25, 0.3) is 0 Å². The van der Waals surface area contributed by atoms with Crippen LogP contribution >= 0.6 is 0 Å². The van der Waals surface area contributed by atoms with E-state index in [1.165, 1.54) is 0 Å². The molecule has 9 nitrogen and oxygen atoms in total. The maximum atomic E-state index is 12.4. The van der Waals surface area contributed by atoms with Gasteiger partial charge in [-0.2, -0.15) is 0 Å². The van der Waals surface area contributed by atoms with E-state index in [0.717, 1.165) is 19.6 Å². The molecule has 0 aromatic carbocycles. The van der Waals surface area contributed by atoms with Crippen molar-refractivity contribution in [1.29, 1.82) is 0 Å². The quantitative estimate of drug-likeness (QED) is 0.582. The monoisotopic (exact) mass is 456 g/mol. The summed E-state index contributed by atoms with van der Waals surface area (Å²) in [5.41, 5.74) is -1.07. The number of nitrogens with zero attached hydrogens (tertiary/aromatic N) is 3. The molecule has 1 saturated heterocycles. The van der Waals surface area contributed by atoms with Gasteiger partial charge in [0.15, 0.2) is 0 Å². The molecule has 0 bridgehead atoms. The van der Waals surface area contributed by atoms with Crippen molar-refractivity contribution in [3.05, 3.63) is 0 Å². The smallest absolute Gasteiger partial charge is 0.320 e. The Morgan fingerprint density at radius 1 is 0.656 bits per heavy atom. The van der Waals surface area contributed by atoms with Gasteiger partial charge in [0, 0.05) is 52.4 Å². The van der Waals surface area contributed by atoms with Crippen LogP contribution in [0, 0.1) is 0 Å². The lowest BCUT2D eigenvalue weighted by Crippen LogP contribution is -2.48. The Hall–Kier alpha value is -1.55. The summed E-state index contributed by atoms with van der Waals surface area (Å²) in [6, 6.07) is 0. The molecule has 1 fully saturated rings. The summed E-state index contributed by atoms with van der Waals surface area (Å²) in [4.78, 5) is 42.7. The Morgan fingerprint density at radius 3 is 1.34 bits per heavy atom. The van der Waals surface area contributed by atoms with Gasteiger partial charge in [0.2, 0.25) is 0 Å². The lowest BCUT2D eigenvalue weighted by Gasteiger charge is -2.31. The van der Waals surface area contributed by atoms with Crippen molar-refractivity contribution in [2.45, 2.75) is 59.7 Å². The first-order valence-corrected chi connectivity index (χ1v) is 11.5. The number of carbonyl (C=O) groups is 3. The van der Waals surface area contributed by atoms with Gasteiger partial charge in [-0.15, -0.1) is 0 Å². The van der Waals surface area contributed by atoms with E-state index in [2.05, 4.69) is 15.1 Å². The van der Waals surface area contributed by atoms with Gasteiger partial charge >= 0.3 is 11.9 Å². The Bertz CT molecular complexity index is 612. The standard InChI is InChI=1S/C23H44N4O5/c1-19(28)16-25-10-8-24-9-11-26(17-20(29)31-22(2,3)4)13-15-27(14-12-25)18-21(30)32-23(5,6)7/h24H,8-18H2,1-7H3. The van der Waals surface area contributed by atoms with Gasteiger partial charge in [-0.25, -0.2) is 0 Å². The molecule has 0 aliphatic carbocycles. The van der Waals surface area contributed by atoms with E-state index in [1.54, 1.807) is 6.92 Å². The summed E-state index contributed by atoms with van der Waals surface area (Å²) in [5, 5.41) is 3.39. The van der Waals surface area contributed by atoms with Gasteiger partial charge in [0.1, 0.15) is 17.0 Å². The number of carbonyl (C=O) groups excluding carboxylic acids is 3. The number of hydrogen-bond donors (Lipinski definition) is 1. The van der Waals surface area contributed by atoms with Crippen LogP contribution in [-0.4, -0.2) is 116 Å². The number of ether oxygens (including phenoxy) is 2. The second-order valence-electron chi connectivity index (χ2n) is 10.5. The second-order valence-corrected chi connectivity index (χ2v) is 10.5. The summed E-state index contributed by atoms with van der Waals surface area (Å²) in [7, 11) is 0. The van der Waals surface area contributed by atoms with Gasteiger partial charge in [-0.3, -0.25) is 29.1 Å². The summed E-state index contributed by atoms with van der Waals surface area (Å²) < 4.78 is 11.0. The van der Waals surface area contributed by atoms with E-state index in [1.807, 2.05) is 46.4 Å². The molecule has 0 atom stereocenters. The van der Waals surface area contributed by atoms with E-state index in [9.17, 15) is 14.4 Å². The van der Waals surface area contributed by atoms with Crippen molar-refractivity contribution in [3.8, 4) is 0 Å². The molecule has 9 heteroatoms. The summed E-state index contributed by atoms with van der Waals surface area (Å²) in [6.07, 6.45) is 0. The van der Waals surface area contributed by atoms with Crippen LogP contribution in [-0.2, 0) is 23.9 Å². The molecule has 0 saturated carbocycles. The zero-order valence-corrected chi connectivity index (χ0v) is 21.2. The highest BCUT2D eigenvalue weighted by Crippen LogP contribution is 2.09. The largest absolute Gasteiger partial charge is 0.459 e. The van der Waals surface area contributed by atoms with Crippen molar-refractivity contribution >= 4 is 17.7 Å². The highest BCUT2D eigenvalue weighted by atomic mass is 16.6. The number of Topliss-reactive ketones (excluding diaryl/α,β-unsaturated/α-hetero) is 1. The average molecular weight is 457 g/mol. The minimum absolute atomic E-state index is 0.124.